The molecule has 0 heterocycles. The molecule has 82 valence electrons. The number of rotatable bonds is 2. The molecule has 0 amide bonds. The Kier molecular flexibility index (Phi) is 3.98. The first-order chi connectivity index (χ1) is 7.16. The molecule has 0 aromatic heterocycles. The lowest BCUT2D eigenvalue weighted by Crippen LogP contribution is -2.09. The van der Waals surface area contributed by atoms with Crippen molar-refractivity contribution in [2.45, 2.75) is 30.5 Å². The van der Waals surface area contributed by atoms with Crippen LogP contribution in [0, 0.1) is 5.92 Å². The highest BCUT2D eigenvalue weighted by Gasteiger charge is 2.25. The van der Waals surface area contributed by atoms with Crippen LogP contribution in [0.15, 0.2) is 18.2 Å². The van der Waals surface area contributed by atoms with E-state index in [0.29, 0.717) is 10.7 Å². The summed E-state index contributed by atoms with van der Waals surface area (Å²) < 4.78 is 0. The summed E-state index contributed by atoms with van der Waals surface area (Å²) in [5.41, 5.74) is 1.18. The molecule has 1 aliphatic rings. The van der Waals surface area contributed by atoms with Crippen molar-refractivity contribution in [2.24, 2.45) is 5.92 Å². The first kappa shape index (κ1) is 11.8. The zero-order chi connectivity index (χ0) is 10.8. The van der Waals surface area contributed by atoms with Crippen LogP contribution in [-0.2, 0) is 6.42 Å². The third-order valence-electron chi connectivity index (χ3n) is 3.06. The van der Waals surface area contributed by atoms with Crippen LogP contribution in [0.1, 0.15) is 24.8 Å². The Labute approximate surface area is 109 Å². The average molecular weight is 308 g/mol. The van der Waals surface area contributed by atoms with Crippen molar-refractivity contribution >= 4 is 39.1 Å². The van der Waals surface area contributed by atoms with Crippen LogP contribution in [0.2, 0.25) is 10.0 Å². The second kappa shape index (κ2) is 5.07. The summed E-state index contributed by atoms with van der Waals surface area (Å²) in [5, 5.41) is 1.62. The highest BCUT2D eigenvalue weighted by molar-refractivity contribution is 9.09. The molecule has 0 aliphatic heterocycles. The lowest BCUT2D eigenvalue weighted by Gasteiger charge is -2.14. The standard InChI is InChI=1S/C12H13BrCl2/c13-11-3-1-2-8(11)6-9-7-10(14)4-5-12(9)15/h4-5,7-8,11H,1-3,6H2. The van der Waals surface area contributed by atoms with E-state index in [1.807, 2.05) is 18.2 Å². The molecule has 0 saturated heterocycles. The van der Waals surface area contributed by atoms with Gasteiger partial charge in [-0.3, -0.25) is 0 Å². The molecular weight excluding hydrogens is 295 g/mol. The summed E-state index contributed by atoms with van der Waals surface area (Å²) in [6.45, 7) is 0. The number of hydrogen-bond donors (Lipinski definition) is 0. The van der Waals surface area contributed by atoms with E-state index in [2.05, 4.69) is 15.9 Å². The van der Waals surface area contributed by atoms with Gasteiger partial charge in [-0.1, -0.05) is 45.6 Å². The SMILES string of the molecule is Clc1ccc(Cl)c(CC2CCCC2Br)c1. The van der Waals surface area contributed by atoms with Crippen LogP contribution in [0.5, 0.6) is 0 Å². The fourth-order valence-electron chi connectivity index (χ4n) is 2.20. The van der Waals surface area contributed by atoms with E-state index in [1.165, 1.54) is 24.8 Å². The first-order valence-corrected chi connectivity index (χ1v) is 6.92. The third-order valence-corrected chi connectivity index (χ3v) is 4.87. The Bertz CT molecular complexity index is 351. The minimum Gasteiger partial charge on any atom is -0.0888 e. The lowest BCUT2D eigenvalue weighted by molar-refractivity contribution is 0.563. The van der Waals surface area contributed by atoms with Crippen LogP contribution in [0.3, 0.4) is 0 Å². The molecule has 0 bridgehead atoms. The number of alkyl halides is 1. The van der Waals surface area contributed by atoms with E-state index in [9.17, 15) is 0 Å². The summed E-state index contributed by atoms with van der Waals surface area (Å²) in [5.74, 6) is 0.709. The van der Waals surface area contributed by atoms with Gasteiger partial charge >= 0.3 is 0 Å². The van der Waals surface area contributed by atoms with E-state index in [1.54, 1.807) is 0 Å². The Morgan fingerprint density at radius 3 is 2.73 bits per heavy atom. The molecule has 3 heteroatoms. The van der Waals surface area contributed by atoms with Crippen molar-refractivity contribution in [3.8, 4) is 0 Å². The molecule has 2 unspecified atom stereocenters. The van der Waals surface area contributed by atoms with Crippen molar-refractivity contribution in [1.29, 1.82) is 0 Å². The van der Waals surface area contributed by atoms with Crippen LogP contribution >= 0.6 is 39.1 Å². The molecule has 1 aliphatic carbocycles. The van der Waals surface area contributed by atoms with E-state index in [-0.39, 0.29) is 0 Å². The van der Waals surface area contributed by atoms with E-state index in [4.69, 9.17) is 23.2 Å². The normalized spacial score (nSPS) is 25.8. The quantitative estimate of drug-likeness (QED) is 0.667. The van der Waals surface area contributed by atoms with Gasteiger partial charge in [0.05, 0.1) is 0 Å². The molecule has 15 heavy (non-hydrogen) atoms. The van der Waals surface area contributed by atoms with Gasteiger partial charge in [0, 0.05) is 14.9 Å². The molecule has 1 fully saturated rings. The Morgan fingerprint density at radius 2 is 2.07 bits per heavy atom. The minimum absolute atomic E-state index is 0.646. The molecule has 0 nitrogen and oxygen atoms in total. The van der Waals surface area contributed by atoms with Crippen molar-refractivity contribution in [3.05, 3.63) is 33.8 Å². The Hall–Kier alpha value is 0.280. The van der Waals surface area contributed by atoms with Gasteiger partial charge < -0.3 is 0 Å². The van der Waals surface area contributed by atoms with E-state index < -0.39 is 0 Å². The third kappa shape index (κ3) is 2.89. The largest absolute Gasteiger partial charge is 0.0888 e. The van der Waals surface area contributed by atoms with Gasteiger partial charge in [-0.15, -0.1) is 0 Å². The summed E-state index contributed by atoms with van der Waals surface area (Å²) in [7, 11) is 0. The molecule has 2 rings (SSSR count). The summed E-state index contributed by atoms with van der Waals surface area (Å²) in [6.07, 6.45) is 4.93. The highest BCUT2D eigenvalue weighted by atomic mass is 79.9. The Morgan fingerprint density at radius 1 is 1.27 bits per heavy atom. The fourth-order valence-corrected chi connectivity index (χ4v) is 3.37. The van der Waals surface area contributed by atoms with Gasteiger partial charge in [0.15, 0.2) is 0 Å². The first-order valence-electron chi connectivity index (χ1n) is 5.25. The topological polar surface area (TPSA) is 0 Å². The molecule has 1 aromatic rings. The fraction of sp³-hybridized carbons (Fsp3) is 0.500. The zero-order valence-corrected chi connectivity index (χ0v) is 11.4. The zero-order valence-electron chi connectivity index (χ0n) is 8.35. The van der Waals surface area contributed by atoms with Crippen LogP contribution in [0.25, 0.3) is 0 Å². The summed E-state index contributed by atoms with van der Waals surface area (Å²) in [4.78, 5) is 0.646. The van der Waals surface area contributed by atoms with Crippen molar-refractivity contribution in [2.75, 3.05) is 0 Å². The van der Waals surface area contributed by atoms with Gasteiger partial charge in [-0.2, -0.15) is 0 Å². The predicted molar refractivity (Wildman–Crippen MR) is 70.2 cm³/mol. The van der Waals surface area contributed by atoms with Gasteiger partial charge in [-0.25, -0.2) is 0 Å². The highest BCUT2D eigenvalue weighted by Crippen LogP contribution is 2.35. The maximum absolute atomic E-state index is 6.15. The maximum Gasteiger partial charge on any atom is 0.0439 e. The molecule has 0 N–H and O–H groups in total. The van der Waals surface area contributed by atoms with Crippen molar-refractivity contribution < 1.29 is 0 Å². The summed E-state index contributed by atoms with van der Waals surface area (Å²) in [6, 6.07) is 5.72. The van der Waals surface area contributed by atoms with Gasteiger partial charge in [0.25, 0.3) is 0 Å². The molecule has 1 saturated carbocycles. The van der Waals surface area contributed by atoms with E-state index >= 15 is 0 Å². The van der Waals surface area contributed by atoms with Crippen LogP contribution in [0.4, 0.5) is 0 Å². The van der Waals surface area contributed by atoms with Gasteiger partial charge in [0.2, 0.25) is 0 Å². The second-order valence-corrected chi connectivity index (χ2v) is 6.17. The van der Waals surface area contributed by atoms with Gasteiger partial charge in [0.1, 0.15) is 0 Å². The maximum atomic E-state index is 6.15. The number of halogens is 3. The van der Waals surface area contributed by atoms with Crippen LogP contribution < -0.4 is 0 Å². The minimum atomic E-state index is 0.646. The molecule has 2 atom stereocenters. The number of hydrogen-bond acceptors (Lipinski definition) is 0. The lowest BCUT2D eigenvalue weighted by atomic mass is 9.98. The monoisotopic (exact) mass is 306 g/mol. The summed E-state index contributed by atoms with van der Waals surface area (Å²) >= 11 is 15.8. The predicted octanol–water partition coefficient (Wildman–Crippen LogP) is 5.10. The van der Waals surface area contributed by atoms with Gasteiger partial charge in [-0.05, 0) is 48.9 Å². The number of benzene rings is 1. The van der Waals surface area contributed by atoms with Crippen LogP contribution in [-0.4, -0.2) is 4.83 Å². The van der Waals surface area contributed by atoms with Crippen molar-refractivity contribution in [3.63, 3.8) is 0 Å². The molecule has 0 spiro atoms. The molecular formula is C12H13BrCl2. The van der Waals surface area contributed by atoms with Crippen molar-refractivity contribution in [1.82, 2.24) is 0 Å². The average Bonchev–Trinajstić information content (AvgIpc) is 2.58. The molecule has 0 radical (unpaired) electrons. The Balaban J connectivity index is 2.12. The second-order valence-electron chi connectivity index (χ2n) is 4.15. The smallest absolute Gasteiger partial charge is 0.0439 e. The van der Waals surface area contributed by atoms with E-state index in [0.717, 1.165) is 16.5 Å². The molecule has 1 aromatic carbocycles.